The van der Waals surface area contributed by atoms with Crippen LogP contribution in [0.5, 0.6) is 5.75 Å². The molecule has 1 aromatic carbocycles. The Bertz CT molecular complexity index is 540. The number of piperidine rings is 1. The zero-order valence-corrected chi connectivity index (χ0v) is 14.4. The minimum Gasteiger partial charge on any atom is -0.494 e. The molecule has 5 nitrogen and oxygen atoms in total. The maximum absolute atomic E-state index is 12.1. The van der Waals surface area contributed by atoms with Crippen LogP contribution in [0.25, 0.3) is 0 Å². The highest BCUT2D eigenvalue weighted by Gasteiger charge is 2.27. The van der Waals surface area contributed by atoms with Gasteiger partial charge in [0, 0.05) is 24.9 Å². The van der Waals surface area contributed by atoms with Gasteiger partial charge in [-0.05, 0) is 37.7 Å². The summed E-state index contributed by atoms with van der Waals surface area (Å²) >= 11 is 0. The molecule has 0 aromatic heterocycles. The minimum atomic E-state index is -0.433. The second kappa shape index (κ2) is 8.11. The Kier molecular flexibility index (Phi) is 6.16. The predicted molar refractivity (Wildman–Crippen MR) is 90.9 cm³/mol. The maximum Gasteiger partial charge on any atom is 0.365 e. The Morgan fingerprint density at radius 3 is 2.39 bits per heavy atom. The molecule has 0 spiro atoms. The summed E-state index contributed by atoms with van der Waals surface area (Å²) in [4.78, 5) is 19.5. The van der Waals surface area contributed by atoms with Gasteiger partial charge in [-0.15, -0.1) is 0 Å². The maximum atomic E-state index is 12.1. The molecule has 23 heavy (non-hydrogen) atoms. The number of likely N-dealkylation sites (tertiary alicyclic amines) is 1. The van der Waals surface area contributed by atoms with Crippen LogP contribution >= 0.6 is 0 Å². The third-order valence-corrected chi connectivity index (χ3v) is 3.98. The van der Waals surface area contributed by atoms with Gasteiger partial charge in [0.2, 0.25) is 0 Å². The molecule has 1 aliphatic heterocycles. The number of ether oxygens (including phenoxy) is 1. The van der Waals surface area contributed by atoms with E-state index in [0.29, 0.717) is 24.0 Å². The molecule has 0 N–H and O–H groups in total. The molecule has 0 unspecified atom stereocenters. The minimum absolute atomic E-state index is 0.293. The van der Waals surface area contributed by atoms with E-state index in [2.05, 4.69) is 37.9 Å². The SMILES string of the molecule is CCCOc1ccc(C(=O)ON=C2[C@H](C)CN(C)C[C@@H]2C)cc1. The average Bonchev–Trinajstić information content (AvgIpc) is 2.52. The molecule has 2 atom stereocenters. The largest absolute Gasteiger partial charge is 0.494 e. The van der Waals surface area contributed by atoms with Gasteiger partial charge in [-0.3, -0.25) is 0 Å². The number of rotatable bonds is 5. The molecule has 1 fully saturated rings. The van der Waals surface area contributed by atoms with Gasteiger partial charge in [0.05, 0.1) is 17.9 Å². The molecule has 1 aliphatic rings. The van der Waals surface area contributed by atoms with Gasteiger partial charge in [0.1, 0.15) is 5.75 Å². The van der Waals surface area contributed by atoms with Crippen molar-refractivity contribution in [2.75, 3.05) is 26.7 Å². The summed E-state index contributed by atoms with van der Waals surface area (Å²) in [7, 11) is 2.10. The summed E-state index contributed by atoms with van der Waals surface area (Å²) in [6.07, 6.45) is 0.951. The van der Waals surface area contributed by atoms with E-state index in [4.69, 9.17) is 9.57 Å². The Morgan fingerprint density at radius 2 is 1.83 bits per heavy atom. The normalized spacial score (nSPS) is 23.7. The Hall–Kier alpha value is -1.88. The van der Waals surface area contributed by atoms with Crippen LogP contribution in [0.4, 0.5) is 0 Å². The van der Waals surface area contributed by atoms with Gasteiger partial charge < -0.3 is 14.5 Å². The first-order valence-electron chi connectivity index (χ1n) is 8.21. The van der Waals surface area contributed by atoms with Crippen molar-refractivity contribution in [1.82, 2.24) is 4.90 Å². The number of carbonyl (C=O) groups is 1. The van der Waals surface area contributed by atoms with E-state index in [1.54, 1.807) is 24.3 Å². The molecule has 0 radical (unpaired) electrons. The summed E-state index contributed by atoms with van der Waals surface area (Å²) in [5.74, 6) is 0.910. The van der Waals surface area contributed by atoms with Gasteiger partial charge in [-0.1, -0.05) is 25.9 Å². The first-order chi connectivity index (χ1) is 11.0. The molecule has 126 valence electrons. The molecule has 2 rings (SSSR count). The summed E-state index contributed by atoms with van der Waals surface area (Å²) < 4.78 is 5.50. The molecular formula is C18H26N2O3. The molecule has 1 saturated heterocycles. The van der Waals surface area contributed by atoms with Crippen LogP contribution in [0.2, 0.25) is 0 Å². The molecular weight excluding hydrogens is 292 g/mol. The number of oxime groups is 1. The standard InChI is InChI=1S/C18H26N2O3/c1-5-10-22-16-8-6-15(7-9-16)18(21)23-19-17-13(2)11-20(4)12-14(17)3/h6-9,13-14H,5,10-12H2,1-4H3/t13-,14+. The lowest BCUT2D eigenvalue weighted by Crippen LogP contribution is -2.42. The molecule has 0 saturated carbocycles. The fourth-order valence-electron chi connectivity index (χ4n) is 2.92. The Morgan fingerprint density at radius 1 is 1.22 bits per heavy atom. The fourth-order valence-corrected chi connectivity index (χ4v) is 2.92. The smallest absolute Gasteiger partial charge is 0.365 e. The molecule has 1 heterocycles. The van der Waals surface area contributed by atoms with Gasteiger partial charge in [0.25, 0.3) is 0 Å². The van der Waals surface area contributed by atoms with Crippen molar-refractivity contribution in [2.24, 2.45) is 17.0 Å². The highest BCUT2D eigenvalue weighted by atomic mass is 16.7. The van der Waals surface area contributed by atoms with E-state index >= 15 is 0 Å². The third kappa shape index (κ3) is 4.79. The van der Waals surface area contributed by atoms with Crippen molar-refractivity contribution in [3.05, 3.63) is 29.8 Å². The first kappa shape index (κ1) is 17.5. The Labute approximate surface area is 138 Å². The number of carbonyl (C=O) groups excluding carboxylic acids is 1. The predicted octanol–water partition coefficient (Wildman–Crippen LogP) is 3.21. The second-order valence-corrected chi connectivity index (χ2v) is 6.29. The van der Waals surface area contributed by atoms with Crippen molar-refractivity contribution in [3.8, 4) is 5.75 Å². The summed E-state index contributed by atoms with van der Waals surface area (Å²) in [5, 5.41) is 4.14. The number of nitrogens with zero attached hydrogens (tertiary/aromatic N) is 2. The van der Waals surface area contributed by atoms with Crippen molar-refractivity contribution in [1.29, 1.82) is 0 Å². The summed E-state index contributed by atoms with van der Waals surface area (Å²) in [6.45, 7) is 8.81. The van der Waals surface area contributed by atoms with E-state index in [-0.39, 0.29) is 0 Å². The highest BCUT2D eigenvalue weighted by Crippen LogP contribution is 2.19. The summed E-state index contributed by atoms with van der Waals surface area (Å²) in [6, 6.07) is 6.96. The van der Waals surface area contributed by atoms with Crippen molar-refractivity contribution in [3.63, 3.8) is 0 Å². The first-order valence-corrected chi connectivity index (χ1v) is 8.21. The monoisotopic (exact) mass is 318 g/mol. The zero-order chi connectivity index (χ0) is 16.8. The van der Waals surface area contributed by atoms with Gasteiger partial charge in [0.15, 0.2) is 0 Å². The van der Waals surface area contributed by atoms with E-state index in [0.717, 1.165) is 31.0 Å². The Balaban J connectivity index is 1.97. The molecule has 1 aromatic rings. The van der Waals surface area contributed by atoms with Crippen LogP contribution in [-0.2, 0) is 4.84 Å². The molecule has 0 amide bonds. The van der Waals surface area contributed by atoms with E-state index in [1.165, 1.54) is 0 Å². The average molecular weight is 318 g/mol. The van der Waals surface area contributed by atoms with Crippen LogP contribution in [0.3, 0.4) is 0 Å². The molecule has 0 bridgehead atoms. The van der Waals surface area contributed by atoms with Crippen molar-refractivity contribution >= 4 is 11.7 Å². The lowest BCUT2D eigenvalue weighted by molar-refractivity contribution is 0.0508. The van der Waals surface area contributed by atoms with Crippen LogP contribution in [0.1, 0.15) is 37.6 Å². The van der Waals surface area contributed by atoms with Gasteiger partial charge in [-0.2, -0.15) is 0 Å². The van der Waals surface area contributed by atoms with Crippen molar-refractivity contribution < 1.29 is 14.4 Å². The van der Waals surface area contributed by atoms with E-state index < -0.39 is 5.97 Å². The second-order valence-electron chi connectivity index (χ2n) is 6.29. The van der Waals surface area contributed by atoms with E-state index in [9.17, 15) is 4.79 Å². The lowest BCUT2D eigenvalue weighted by atomic mass is 9.90. The number of benzene rings is 1. The van der Waals surface area contributed by atoms with Crippen LogP contribution in [0, 0.1) is 11.8 Å². The van der Waals surface area contributed by atoms with E-state index in [1.807, 2.05) is 0 Å². The molecule has 0 aliphatic carbocycles. The third-order valence-electron chi connectivity index (χ3n) is 3.98. The lowest BCUT2D eigenvalue weighted by Gasteiger charge is -2.32. The van der Waals surface area contributed by atoms with Crippen LogP contribution in [-0.4, -0.2) is 43.3 Å². The molecule has 5 heteroatoms. The number of hydrogen-bond donors (Lipinski definition) is 0. The fraction of sp³-hybridized carbons (Fsp3) is 0.556. The summed E-state index contributed by atoms with van der Waals surface area (Å²) in [5.41, 5.74) is 1.44. The highest BCUT2D eigenvalue weighted by molar-refractivity contribution is 5.92. The van der Waals surface area contributed by atoms with Crippen molar-refractivity contribution in [2.45, 2.75) is 27.2 Å². The zero-order valence-electron chi connectivity index (χ0n) is 14.4. The quantitative estimate of drug-likeness (QED) is 0.618. The van der Waals surface area contributed by atoms with Gasteiger partial charge >= 0.3 is 5.97 Å². The topological polar surface area (TPSA) is 51.1 Å². The van der Waals surface area contributed by atoms with Gasteiger partial charge in [-0.25, -0.2) is 4.79 Å². The van der Waals surface area contributed by atoms with Crippen LogP contribution < -0.4 is 4.74 Å². The number of hydrogen-bond acceptors (Lipinski definition) is 5. The van der Waals surface area contributed by atoms with Crippen LogP contribution in [0.15, 0.2) is 29.4 Å².